The van der Waals surface area contributed by atoms with Crippen LogP contribution >= 0.6 is 0 Å². The van der Waals surface area contributed by atoms with Gasteiger partial charge in [-0.3, -0.25) is 4.79 Å². The van der Waals surface area contributed by atoms with Gasteiger partial charge in [0.15, 0.2) is 18.5 Å². The number of rotatable bonds is 6. The number of esters is 1. The molecule has 2 aromatic rings. The van der Waals surface area contributed by atoms with Gasteiger partial charge in [0.2, 0.25) is 0 Å². The molecule has 1 atom stereocenters. The summed E-state index contributed by atoms with van der Waals surface area (Å²) >= 11 is 0. The Balaban J connectivity index is 1.86. The smallest absolute Gasteiger partial charge is 0.344 e. The quantitative estimate of drug-likeness (QED) is 0.809. The fourth-order valence-electron chi connectivity index (χ4n) is 2.46. The average molecular weight is 346 g/mol. The van der Waals surface area contributed by atoms with E-state index in [4.69, 9.17) is 14.0 Å². The van der Waals surface area contributed by atoms with Crippen molar-refractivity contribution >= 4 is 17.7 Å². The van der Waals surface area contributed by atoms with Gasteiger partial charge < -0.3 is 19.3 Å². The Kier molecular flexibility index (Phi) is 5.80. The Morgan fingerprint density at radius 2 is 1.80 bits per heavy atom. The van der Waals surface area contributed by atoms with E-state index in [1.54, 1.807) is 13.0 Å². The molecule has 0 bridgehead atoms. The van der Waals surface area contributed by atoms with Crippen LogP contribution in [0.1, 0.15) is 29.4 Å². The van der Waals surface area contributed by atoms with Crippen LogP contribution in [0.3, 0.4) is 0 Å². The number of carbonyl (C=O) groups excluding carboxylic acids is 2. The molecule has 1 N–H and O–H groups in total. The highest BCUT2D eigenvalue weighted by Crippen LogP contribution is 2.24. The van der Waals surface area contributed by atoms with E-state index in [0.29, 0.717) is 11.5 Å². The highest BCUT2D eigenvalue weighted by molar-refractivity contribution is 5.94. The number of carbonyl (C=O) groups is 2. The van der Waals surface area contributed by atoms with Crippen molar-refractivity contribution in [1.82, 2.24) is 5.16 Å². The largest absolute Gasteiger partial charge is 0.481 e. The number of hydrogen-bond donors (Lipinski definition) is 1. The number of anilines is 1. The average Bonchev–Trinajstić information content (AvgIpc) is 2.91. The van der Waals surface area contributed by atoms with Gasteiger partial charge in [-0.15, -0.1) is 0 Å². The summed E-state index contributed by atoms with van der Waals surface area (Å²) in [7, 11) is 0. The molecular weight excluding hydrogens is 324 g/mol. The summed E-state index contributed by atoms with van der Waals surface area (Å²) in [6, 6.07) is 5.52. The summed E-state index contributed by atoms with van der Waals surface area (Å²) in [5.74, 6) is 0.366. The number of benzene rings is 1. The Bertz CT molecular complexity index is 759. The summed E-state index contributed by atoms with van der Waals surface area (Å²) < 4.78 is 15.5. The maximum atomic E-state index is 12.0. The van der Waals surface area contributed by atoms with E-state index in [9.17, 15) is 9.59 Å². The molecule has 0 unspecified atom stereocenters. The van der Waals surface area contributed by atoms with Gasteiger partial charge in [-0.1, -0.05) is 22.9 Å². The minimum Gasteiger partial charge on any atom is -0.481 e. The Labute approximate surface area is 146 Å². The second-order valence-corrected chi connectivity index (χ2v) is 5.96. The SMILES string of the molecule is Cc1cc(C)c(OCC(=O)O[C@H](C)C(=O)Nc2cc(C)on2)c(C)c1. The molecule has 0 saturated carbocycles. The van der Waals surface area contributed by atoms with Gasteiger partial charge in [-0.25, -0.2) is 4.79 Å². The molecule has 7 heteroatoms. The van der Waals surface area contributed by atoms with Crippen LogP contribution in [-0.2, 0) is 14.3 Å². The molecular formula is C18H22N2O5. The lowest BCUT2D eigenvalue weighted by Gasteiger charge is -2.15. The van der Waals surface area contributed by atoms with Gasteiger partial charge >= 0.3 is 5.97 Å². The van der Waals surface area contributed by atoms with Gasteiger partial charge in [0.25, 0.3) is 5.91 Å². The standard InChI is InChI=1S/C18H22N2O5/c1-10-6-11(2)17(12(3)7-10)23-9-16(21)24-14(5)18(22)19-15-8-13(4)25-20-15/h6-8,14H,9H2,1-5H3,(H,19,20,22)/t14-/m1/s1. The van der Waals surface area contributed by atoms with Crippen molar-refractivity contribution < 1.29 is 23.6 Å². The van der Waals surface area contributed by atoms with Crippen molar-refractivity contribution in [2.24, 2.45) is 0 Å². The van der Waals surface area contributed by atoms with Crippen LogP contribution in [-0.4, -0.2) is 29.7 Å². The number of aromatic nitrogens is 1. The molecule has 0 radical (unpaired) electrons. The van der Waals surface area contributed by atoms with Gasteiger partial charge in [0, 0.05) is 6.07 Å². The van der Waals surface area contributed by atoms with E-state index in [-0.39, 0.29) is 12.4 Å². The summed E-state index contributed by atoms with van der Waals surface area (Å²) in [4.78, 5) is 23.9. The van der Waals surface area contributed by atoms with Crippen molar-refractivity contribution in [2.75, 3.05) is 11.9 Å². The van der Waals surface area contributed by atoms with Crippen LogP contribution < -0.4 is 10.1 Å². The third-order valence-electron chi connectivity index (χ3n) is 3.50. The predicted molar refractivity (Wildman–Crippen MR) is 91.6 cm³/mol. The molecule has 0 saturated heterocycles. The lowest BCUT2D eigenvalue weighted by molar-refractivity contribution is -0.155. The zero-order chi connectivity index (χ0) is 18.6. The van der Waals surface area contributed by atoms with Gasteiger partial charge in [0.05, 0.1) is 0 Å². The van der Waals surface area contributed by atoms with Crippen molar-refractivity contribution in [2.45, 2.75) is 40.7 Å². The molecule has 1 heterocycles. The lowest BCUT2D eigenvalue weighted by Crippen LogP contribution is -2.31. The first-order valence-electron chi connectivity index (χ1n) is 7.90. The number of nitrogens with one attached hydrogen (secondary N) is 1. The molecule has 2 rings (SSSR count). The van der Waals surface area contributed by atoms with E-state index >= 15 is 0 Å². The minimum atomic E-state index is -0.978. The second kappa shape index (κ2) is 7.83. The predicted octanol–water partition coefficient (Wildman–Crippen LogP) is 2.86. The molecule has 1 aromatic carbocycles. The number of nitrogens with zero attached hydrogens (tertiary/aromatic N) is 1. The monoisotopic (exact) mass is 346 g/mol. The van der Waals surface area contributed by atoms with Gasteiger partial charge in [-0.2, -0.15) is 0 Å². The van der Waals surface area contributed by atoms with Crippen LogP contribution in [0.15, 0.2) is 22.7 Å². The van der Waals surface area contributed by atoms with E-state index in [0.717, 1.165) is 16.7 Å². The third kappa shape index (κ3) is 5.07. The molecule has 1 amide bonds. The molecule has 0 aliphatic carbocycles. The highest BCUT2D eigenvalue weighted by atomic mass is 16.6. The van der Waals surface area contributed by atoms with Crippen LogP contribution in [0.25, 0.3) is 0 Å². The topological polar surface area (TPSA) is 90.7 Å². The third-order valence-corrected chi connectivity index (χ3v) is 3.50. The summed E-state index contributed by atoms with van der Waals surface area (Å²) in [6.45, 7) is 8.73. The fraction of sp³-hybridized carbons (Fsp3) is 0.389. The van der Waals surface area contributed by atoms with Crippen LogP contribution in [0, 0.1) is 27.7 Å². The number of aryl methyl sites for hydroxylation is 4. The first kappa shape index (κ1) is 18.5. The first-order valence-corrected chi connectivity index (χ1v) is 7.90. The van der Waals surface area contributed by atoms with Crippen LogP contribution in [0.2, 0.25) is 0 Å². The van der Waals surface area contributed by atoms with Crippen molar-refractivity contribution in [3.05, 3.63) is 40.6 Å². The summed E-state index contributed by atoms with van der Waals surface area (Å²) in [5.41, 5.74) is 3.01. The molecule has 134 valence electrons. The molecule has 7 nitrogen and oxygen atoms in total. The minimum absolute atomic E-state index is 0.271. The van der Waals surface area contributed by atoms with Crippen molar-refractivity contribution in [1.29, 1.82) is 0 Å². The molecule has 25 heavy (non-hydrogen) atoms. The first-order chi connectivity index (χ1) is 11.8. The zero-order valence-electron chi connectivity index (χ0n) is 15.0. The molecule has 0 spiro atoms. The van der Waals surface area contributed by atoms with E-state index < -0.39 is 18.0 Å². The van der Waals surface area contributed by atoms with E-state index in [2.05, 4.69) is 10.5 Å². The molecule has 1 aromatic heterocycles. The van der Waals surface area contributed by atoms with Crippen molar-refractivity contribution in [3.8, 4) is 5.75 Å². The maximum absolute atomic E-state index is 12.0. The van der Waals surface area contributed by atoms with Crippen LogP contribution in [0.4, 0.5) is 5.82 Å². The normalized spacial score (nSPS) is 11.7. The maximum Gasteiger partial charge on any atom is 0.344 e. The van der Waals surface area contributed by atoms with Crippen molar-refractivity contribution in [3.63, 3.8) is 0 Å². The van der Waals surface area contributed by atoms with Gasteiger partial charge in [0.1, 0.15) is 11.5 Å². The van der Waals surface area contributed by atoms with Crippen LogP contribution in [0.5, 0.6) is 5.75 Å². The summed E-state index contributed by atoms with van der Waals surface area (Å²) in [6.07, 6.45) is -0.978. The van der Waals surface area contributed by atoms with Gasteiger partial charge in [-0.05, 0) is 45.7 Å². The number of ether oxygens (including phenoxy) is 2. The lowest BCUT2D eigenvalue weighted by atomic mass is 10.1. The Morgan fingerprint density at radius 1 is 1.16 bits per heavy atom. The Morgan fingerprint density at radius 3 is 2.36 bits per heavy atom. The van der Waals surface area contributed by atoms with E-state index in [1.165, 1.54) is 6.92 Å². The highest BCUT2D eigenvalue weighted by Gasteiger charge is 2.20. The molecule has 0 fully saturated rings. The fourth-order valence-corrected chi connectivity index (χ4v) is 2.46. The van der Waals surface area contributed by atoms with E-state index in [1.807, 2.05) is 32.9 Å². The number of hydrogen-bond acceptors (Lipinski definition) is 6. The second-order valence-electron chi connectivity index (χ2n) is 5.96. The zero-order valence-corrected chi connectivity index (χ0v) is 15.0. The Hall–Kier alpha value is -2.83. The number of amides is 1. The summed E-state index contributed by atoms with van der Waals surface area (Å²) in [5, 5.41) is 6.15. The molecule has 0 aliphatic rings. The molecule has 0 aliphatic heterocycles.